The van der Waals surface area contributed by atoms with Crippen LogP contribution in [-0.2, 0) is 6.18 Å². The lowest BCUT2D eigenvalue weighted by Crippen LogP contribution is -2.10. The number of pyridine rings is 1. The summed E-state index contributed by atoms with van der Waals surface area (Å²) in [5.74, 6) is 0. The summed E-state index contributed by atoms with van der Waals surface area (Å²) in [4.78, 5) is 3.54. The Hall–Kier alpha value is -1.14. The number of nitrogens with two attached hydrogens (primary N) is 1. The third kappa shape index (κ3) is 3.17. The molecule has 84 valence electrons. The molecule has 0 bridgehead atoms. The molecule has 0 aliphatic carbocycles. The molecule has 1 aromatic heterocycles. The van der Waals surface area contributed by atoms with Crippen molar-refractivity contribution in [1.29, 1.82) is 0 Å². The van der Waals surface area contributed by atoms with Crippen molar-refractivity contribution in [3.05, 3.63) is 29.6 Å². The van der Waals surface area contributed by atoms with E-state index in [1.54, 1.807) is 0 Å². The van der Waals surface area contributed by atoms with Gasteiger partial charge in [0.15, 0.2) is 0 Å². The van der Waals surface area contributed by atoms with E-state index < -0.39 is 17.8 Å². The van der Waals surface area contributed by atoms with Crippen LogP contribution in [0, 0.1) is 0 Å². The van der Waals surface area contributed by atoms with Gasteiger partial charge in [-0.05, 0) is 25.1 Å². The second-order valence-corrected chi connectivity index (χ2v) is 3.06. The number of hydrogen-bond acceptors (Lipinski definition) is 3. The van der Waals surface area contributed by atoms with Gasteiger partial charge in [-0.1, -0.05) is 0 Å². The van der Waals surface area contributed by atoms with E-state index in [1.807, 2.05) is 0 Å². The number of hydrogen-bond donors (Lipinski definition) is 2. The van der Waals surface area contributed by atoms with E-state index in [2.05, 4.69) is 4.98 Å². The Labute approximate surface area is 84.7 Å². The number of aliphatic hydroxyl groups excluding tert-OH is 1. The van der Waals surface area contributed by atoms with Gasteiger partial charge in [-0.2, -0.15) is 13.2 Å². The van der Waals surface area contributed by atoms with Crippen molar-refractivity contribution < 1.29 is 18.3 Å². The fraction of sp³-hybridized carbons (Fsp3) is 0.444. The highest BCUT2D eigenvalue weighted by Gasteiger charge is 2.30. The molecular weight excluding hydrogens is 209 g/mol. The fourth-order valence-corrected chi connectivity index (χ4v) is 1.08. The van der Waals surface area contributed by atoms with Crippen molar-refractivity contribution in [2.75, 3.05) is 6.54 Å². The van der Waals surface area contributed by atoms with Crippen molar-refractivity contribution in [2.24, 2.45) is 5.73 Å². The van der Waals surface area contributed by atoms with Gasteiger partial charge in [-0.3, -0.25) is 4.98 Å². The monoisotopic (exact) mass is 220 g/mol. The summed E-state index contributed by atoms with van der Waals surface area (Å²) in [5, 5.41) is 9.39. The zero-order valence-electron chi connectivity index (χ0n) is 7.83. The number of nitrogens with zero attached hydrogens (tertiary/aromatic N) is 1. The molecule has 3 nitrogen and oxygen atoms in total. The van der Waals surface area contributed by atoms with E-state index in [0.29, 0.717) is 6.20 Å². The minimum atomic E-state index is -4.40. The van der Waals surface area contributed by atoms with Gasteiger partial charge >= 0.3 is 6.18 Å². The van der Waals surface area contributed by atoms with Gasteiger partial charge in [0.1, 0.15) is 0 Å². The van der Waals surface area contributed by atoms with Gasteiger partial charge in [0.25, 0.3) is 0 Å². The Morgan fingerprint density at radius 2 is 2.07 bits per heavy atom. The number of aromatic nitrogens is 1. The number of aliphatic hydroxyl groups is 1. The maximum absolute atomic E-state index is 12.1. The van der Waals surface area contributed by atoms with Crippen LogP contribution in [0.2, 0.25) is 0 Å². The molecule has 0 radical (unpaired) electrons. The Bertz CT molecular complexity index is 310. The van der Waals surface area contributed by atoms with Gasteiger partial charge in [0.2, 0.25) is 0 Å². The topological polar surface area (TPSA) is 59.1 Å². The molecule has 0 aromatic carbocycles. The molecule has 0 spiro atoms. The van der Waals surface area contributed by atoms with Crippen LogP contribution in [0.1, 0.15) is 23.8 Å². The van der Waals surface area contributed by atoms with Gasteiger partial charge in [0, 0.05) is 6.20 Å². The summed E-state index contributed by atoms with van der Waals surface area (Å²) in [7, 11) is 0. The smallest absolute Gasteiger partial charge is 0.387 e. The zero-order chi connectivity index (χ0) is 11.5. The Morgan fingerprint density at radius 3 is 2.47 bits per heavy atom. The zero-order valence-corrected chi connectivity index (χ0v) is 7.83. The molecule has 0 amide bonds. The third-order valence-electron chi connectivity index (χ3n) is 1.90. The van der Waals surface area contributed by atoms with Crippen LogP contribution in [0.25, 0.3) is 0 Å². The molecule has 1 unspecified atom stereocenters. The van der Waals surface area contributed by atoms with Crippen LogP contribution in [0.3, 0.4) is 0 Å². The molecule has 0 aliphatic rings. The van der Waals surface area contributed by atoms with Crippen LogP contribution in [0.5, 0.6) is 0 Å². The summed E-state index contributed by atoms with van der Waals surface area (Å²) in [6.07, 6.45) is -4.32. The highest BCUT2D eigenvalue weighted by Crippen LogP contribution is 2.29. The maximum Gasteiger partial charge on any atom is 0.417 e. The fourth-order valence-electron chi connectivity index (χ4n) is 1.08. The van der Waals surface area contributed by atoms with Crippen LogP contribution in [0.15, 0.2) is 18.3 Å². The van der Waals surface area contributed by atoms with Crippen molar-refractivity contribution in [3.63, 3.8) is 0 Å². The second kappa shape index (κ2) is 4.59. The Balaban J connectivity index is 2.81. The largest absolute Gasteiger partial charge is 0.417 e. The molecule has 1 rings (SSSR count). The first kappa shape index (κ1) is 11.9. The lowest BCUT2D eigenvalue weighted by Gasteiger charge is -2.10. The molecule has 1 aromatic rings. The summed E-state index contributed by atoms with van der Waals surface area (Å²) >= 11 is 0. The molecule has 6 heteroatoms. The van der Waals surface area contributed by atoms with Gasteiger partial charge in [-0.15, -0.1) is 0 Å². The minimum absolute atomic E-state index is 0.202. The van der Waals surface area contributed by atoms with Gasteiger partial charge < -0.3 is 10.8 Å². The number of alkyl halides is 3. The van der Waals surface area contributed by atoms with E-state index in [0.717, 1.165) is 12.1 Å². The first-order chi connectivity index (χ1) is 6.95. The minimum Gasteiger partial charge on any atom is -0.387 e. The molecule has 1 heterocycles. The summed E-state index contributed by atoms with van der Waals surface area (Å²) < 4.78 is 36.4. The number of rotatable bonds is 3. The van der Waals surface area contributed by atoms with Crippen molar-refractivity contribution >= 4 is 0 Å². The van der Waals surface area contributed by atoms with Crippen molar-refractivity contribution in [1.82, 2.24) is 4.98 Å². The molecule has 3 N–H and O–H groups in total. The number of halogens is 3. The summed E-state index contributed by atoms with van der Waals surface area (Å²) in [6.45, 7) is 0.254. The van der Waals surface area contributed by atoms with Crippen LogP contribution in [0.4, 0.5) is 13.2 Å². The van der Waals surface area contributed by atoms with E-state index in [9.17, 15) is 18.3 Å². The van der Waals surface area contributed by atoms with Crippen LogP contribution in [-0.4, -0.2) is 16.6 Å². The van der Waals surface area contributed by atoms with Crippen LogP contribution >= 0.6 is 0 Å². The standard InChI is InChI=1S/C9H11F3N2O/c10-9(11,12)6-1-2-7(14-5-6)8(15)3-4-13/h1-2,5,8,15H,3-4,13H2. The highest BCUT2D eigenvalue weighted by atomic mass is 19.4. The quantitative estimate of drug-likeness (QED) is 0.811. The van der Waals surface area contributed by atoms with Crippen molar-refractivity contribution in [2.45, 2.75) is 18.7 Å². The second-order valence-electron chi connectivity index (χ2n) is 3.06. The molecule has 15 heavy (non-hydrogen) atoms. The normalized spacial score (nSPS) is 13.9. The lowest BCUT2D eigenvalue weighted by molar-refractivity contribution is -0.137. The van der Waals surface area contributed by atoms with E-state index in [-0.39, 0.29) is 18.7 Å². The molecule has 0 aliphatic heterocycles. The maximum atomic E-state index is 12.1. The highest BCUT2D eigenvalue weighted by molar-refractivity contribution is 5.18. The first-order valence-electron chi connectivity index (χ1n) is 4.36. The average Bonchev–Trinajstić information content (AvgIpc) is 2.17. The van der Waals surface area contributed by atoms with E-state index in [1.165, 1.54) is 0 Å². The molecule has 0 saturated heterocycles. The predicted molar refractivity (Wildman–Crippen MR) is 47.9 cm³/mol. The lowest BCUT2D eigenvalue weighted by atomic mass is 10.1. The van der Waals surface area contributed by atoms with E-state index >= 15 is 0 Å². The Morgan fingerprint density at radius 1 is 1.40 bits per heavy atom. The molecular formula is C9H11F3N2O. The Kier molecular flexibility index (Phi) is 3.65. The molecule has 1 atom stereocenters. The van der Waals surface area contributed by atoms with Crippen LogP contribution < -0.4 is 5.73 Å². The van der Waals surface area contributed by atoms with E-state index in [4.69, 9.17) is 5.73 Å². The SMILES string of the molecule is NCCC(O)c1ccc(C(F)(F)F)cn1. The average molecular weight is 220 g/mol. The van der Waals surface area contributed by atoms with Gasteiger partial charge in [0.05, 0.1) is 17.4 Å². The summed E-state index contributed by atoms with van der Waals surface area (Å²) in [6, 6.07) is 2.05. The third-order valence-corrected chi connectivity index (χ3v) is 1.90. The first-order valence-corrected chi connectivity index (χ1v) is 4.36. The molecule has 0 saturated carbocycles. The molecule has 0 fully saturated rings. The van der Waals surface area contributed by atoms with Crippen molar-refractivity contribution in [3.8, 4) is 0 Å². The summed E-state index contributed by atoms with van der Waals surface area (Å²) in [5.41, 5.74) is 4.57. The predicted octanol–water partition coefficient (Wildman–Crippen LogP) is 1.48. The van der Waals surface area contributed by atoms with Gasteiger partial charge in [-0.25, -0.2) is 0 Å².